The van der Waals surface area contributed by atoms with Crippen molar-refractivity contribution in [1.82, 2.24) is 19.7 Å². The van der Waals surface area contributed by atoms with Gasteiger partial charge in [-0.1, -0.05) is 48.2 Å². The third-order valence-corrected chi connectivity index (χ3v) is 7.63. The molecule has 1 saturated carbocycles. The van der Waals surface area contributed by atoms with Crippen molar-refractivity contribution in [1.29, 1.82) is 0 Å². The summed E-state index contributed by atoms with van der Waals surface area (Å²) < 4.78 is 1.85. The Morgan fingerprint density at radius 2 is 1.90 bits per heavy atom. The molecule has 8 heteroatoms. The van der Waals surface area contributed by atoms with E-state index in [9.17, 15) is 5.11 Å². The lowest BCUT2D eigenvalue weighted by Crippen LogP contribution is -2.40. The Bertz CT molecular complexity index is 984. The van der Waals surface area contributed by atoms with Gasteiger partial charge in [-0.05, 0) is 50.8 Å². The van der Waals surface area contributed by atoms with Crippen molar-refractivity contribution in [2.45, 2.75) is 58.7 Å². The van der Waals surface area contributed by atoms with Crippen LogP contribution in [-0.2, 0) is 13.3 Å². The summed E-state index contributed by atoms with van der Waals surface area (Å²) in [5, 5.41) is 15.2. The monoisotopic (exact) mass is 461 g/mol. The van der Waals surface area contributed by atoms with Gasteiger partial charge < -0.3 is 5.11 Å². The Morgan fingerprint density at radius 3 is 2.55 bits per heavy atom. The van der Waals surface area contributed by atoms with Gasteiger partial charge in [0.05, 0.1) is 16.7 Å². The van der Waals surface area contributed by atoms with E-state index in [1.54, 1.807) is 6.07 Å². The van der Waals surface area contributed by atoms with Gasteiger partial charge in [0.1, 0.15) is 6.61 Å². The molecule has 4 rings (SSSR count). The van der Waals surface area contributed by atoms with Gasteiger partial charge in [-0.15, -0.1) is 0 Å². The summed E-state index contributed by atoms with van der Waals surface area (Å²) in [6.07, 6.45) is 7.95. The first-order chi connectivity index (χ1) is 15.0. The highest BCUT2D eigenvalue weighted by Crippen LogP contribution is 2.46. The average molecular weight is 462 g/mol. The van der Waals surface area contributed by atoms with Crippen LogP contribution in [0, 0.1) is 5.41 Å². The van der Waals surface area contributed by atoms with E-state index in [-0.39, 0.29) is 6.61 Å². The molecule has 2 aromatic rings. The Labute approximate surface area is 193 Å². The Morgan fingerprint density at radius 1 is 1.19 bits per heavy atom. The van der Waals surface area contributed by atoms with Crippen LogP contribution >= 0.6 is 23.2 Å². The fourth-order valence-electron chi connectivity index (χ4n) is 4.98. The molecule has 1 spiro atoms. The molecule has 0 atom stereocenters. The lowest BCUT2D eigenvalue weighted by atomic mass is 9.77. The van der Waals surface area contributed by atoms with Gasteiger partial charge >= 0.3 is 0 Å². The highest BCUT2D eigenvalue weighted by atomic mass is 35.5. The largest absolute Gasteiger partial charge is 0.388 e. The van der Waals surface area contributed by atoms with E-state index in [4.69, 9.17) is 23.2 Å². The second-order valence-corrected chi connectivity index (χ2v) is 9.48. The molecule has 2 fully saturated rings. The summed E-state index contributed by atoms with van der Waals surface area (Å²) >= 11 is 12.8. The van der Waals surface area contributed by atoms with Crippen molar-refractivity contribution in [3.05, 3.63) is 51.2 Å². The number of aliphatic imine (C=N–C) groups is 1. The van der Waals surface area contributed by atoms with E-state index in [1.165, 1.54) is 38.5 Å². The third-order valence-electron chi connectivity index (χ3n) is 6.82. The predicted octanol–water partition coefficient (Wildman–Crippen LogP) is 5.17. The van der Waals surface area contributed by atoms with E-state index in [0.29, 0.717) is 39.5 Å². The highest BCUT2D eigenvalue weighted by molar-refractivity contribution is 6.43. The van der Waals surface area contributed by atoms with Crippen LogP contribution in [0.3, 0.4) is 0 Å². The van der Waals surface area contributed by atoms with Gasteiger partial charge in [0.15, 0.2) is 11.6 Å². The van der Waals surface area contributed by atoms with Crippen molar-refractivity contribution >= 4 is 35.5 Å². The molecule has 0 unspecified atom stereocenters. The number of hydrogen-bond acceptors (Lipinski definition) is 5. The molecule has 1 aromatic carbocycles. The summed E-state index contributed by atoms with van der Waals surface area (Å²) in [5.41, 5.74) is 2.67. The molecule has 2 aliphatic rings. The molecule has 1 aromatic heterocycles. The zero-order chi connectivity index (χ0) is 22.0. The smallest absolute Gasteiger partial charge is 0.176 e. The lowest BCUT2D eigenvalue weighted by Gasteiger charge is -2.39. The standard InChI is InChI=1S/C23H29Cl2N5O/c1-16(26-2)20(17-6-5-7-18(24)21(17)25)22-27-19(14-31)28-30(22)15-29-12-10-23(11-13-29)8-3-4-9-23/h5-7,31H,2-4,8-15H2,1H3/b20-16-. The number of hydrogen-bond donors (Lipinski definition) is 1. The van der Waals surface area contributed by atoms with Crippen molar-refractivity contribution in [3.63, 3.8) is 0 Å². The summed E-state index contributed by atoms with van der Waals surface area (Å²) in [6.45, 7) is 8.02. The maximum Gasteiger partial charge on any atom is 0.176 e. The van der Waals surface area contributed by atoms with Gasteiger partial charge in [-0.3, -0.25) is 9.89 Å². The summed E-state index contributed by atoms with van der Waals surface area (Å²) in [7, 11) is 0. The second-order valence-electron chi connectivity index (χ2n) is 8.70. The summed E-state index contributed by atoms with van der Waals surface area (Å²) in [4.78, 5) is 11.2. The molecule has 31 heavy (non-hydrogen) atoms. The van der Waals surface area contributed by atoms with Crippen LogP contribution in [0.2, 0.25) is 10.0 Å². The fraction of sp³-hybridized carbons (Fsp3) is 0.522. The van der Waals surface area contributed by atoms with Crippen molar-refractivity contribution in [2.75, 3.05) is 13.1 Å². The number of benzene rings is 1. The van der Waals surface area contributed by atoms with Crippen molar-refractivity contribution < 1.29 is 5.11 Å². The zero-order valence-corrected chi connectivity index (χ0v) is 19.5. The minimum Gasteiger partial charge on any atom is -0.388 e. The van der Waals surface area contributed by atoms with E-state index in [2.05, 4.69) is 26.7 Å². The molecule has 2 heterocycles. The van der Waals surface area contributed by atoms with E-state index in [0.717, 1.165) is 24.2 Å². The lowest BCUT2D eigenvalue weighted by molar-refractivity contribution is 0.0818. The number of likely N-dealkylation sites (tertiary alicyclic amines) is 1. The molecule has 6 nitrogen and oxygen atoms in total. The van der Waals surface area contributed by atoms with Crippen LogP contribution < -0.4 is 0 Å². The van der Waals surface area contributed by atoms with Gasteiger partial charge in [-0.25, -0.2) is 9.67 Å². The molecule has 1 N–H and O–H groups in total. The minimum absolute atomic E-state index is 0.236. The zero-order valence-electron chi connectivity index (χ0n) is 17.9. The molecule has 166 valence electrons. The van der Waals surface area contributed by atoms with Crippen LogP contribution in [0.25, 0.3) is 5.57 Å². The number of piperidine rings is 1. The topological polar surface area (TPSA) is 66.5 Å². The number of aliphatic hydroxyl groups excluding tert-OH is 1. The molecule has 1 aliphatic carbocycles. The van der Waals surface area contributed by atoms with Crippen molar-refractivity contribution in [3.8, 4) is 0 Å². The predicted molar refractivity (Wildman–Crippen MR) is 125 cm³/mol. The third kappa shape index (κ3) is 4.58. The molecular formula is C23H29Cl2N5O. The summed E-state index contributed by atoms with van der Waals surface area (Å²) in [5.74, 6) is 0.978. The van der Waals surface area contributed by atoms with Crippen LogP contribution in [-0.4, -0.2) is 44.6 Å². The SMILES string of the molecule is C=N/C(C)=C(/c1cccc(Cl)c1Cl)c1nc(CO)nn1CN1CCC2(CCCC2)CC1. The first-order valence-corrected chi connectivity index (χ1v) is 11.6. The average Bonchev–Trinajstić information content (AvgIpc) is 3.40. The molecular weight excluding hydrogens is 433 g/mol. The molecule has 0 bridgehead atoms. The quantitative estimate of drug-likeness (QED) is 0.602. The van der Waals surface area contributed by atoms with E-state index < -0.39 is 0 Å². The van der Waals surface area contributed by atoms with Crippen LogP contribution in [0.15, 0.2) is 28.9 Å². The minimum atomic E-state index is -0.236. The highest BCUT2D eigenvalue weighted by Gasteiger charge is 2.37. The molecule has 1 aliphatic heterocycles. The van der Waals surface area contributed by atoms with E-state index in [1.807, 2.05) is 23.7 Å². The maximum absolute atomic E-state index is 9.72. The van der Waals surface area contributed by atoms with Gasteiger partial charge in [0, 0.05) is 29.9 Å². The number of halogens is 2. The number of nitrogens with zero attached hydrogens (tertiary/aromatic N) is 5. The van der Waals surface area contributed by atoms with Crippen LogP contribution in [0.1, 0.15) is 62.7 Å². The Balaban J connectivity index is 1.67. The Kier molecular flexibility index (Phi) is 6.82. The normalized spacial score (nSPS) is 19.6. The number of rotatable bonds is 6. The van der Waals surface area contributed by atoms with E-state index >= 15 is 0 Å². The summed E-state index contributed by atoms with van der Waals surface area (Å²) in [6, 6.07) is 5.48. The fourth-order valence-corrected chi connectivity index (χ4v) is 5.37. The maximum atomic E-state index is 9.72. The number of aromatic nitrogens is 3. The van der Waals surface area contributed by atoms with Crippen LogP contribution in [0.5, 0.6) is 0 Å². The first kappa shape index (κ1) is 22.5. The first-order valence-electron chi connectivity index (χ1n) is 10.9. The molecule has 0 radical (unpaired) electrons. The van der Waals surface area contributed by atoms with Gasteiger partial charge in [0.25, 0.3) is 0 Å². The molecule has 1 saturated heterocycles. The number of allylic oxidation sites excluding steroid dienone is 1. The number of aliphatic hydroxyl groups is 1. The Hall–Kier alpha value is -1.73. The van der Waals surface area contributed by atoms with Gasteiger partial charge in [-0.2, -0.15) is 5.10 Å². The van der Waals surface area contributed by atoms with Gasteiger partial charge in [0.2, 0.25) is 0 Å². The van der Waals surface area contributed by atoms with Crippen molar-refractivity contribution in [2.24, 2.45) is 10.4 Å². The molecule has 0 amide bonds. The van der Waals surface area contributed by atoms with Crippen LogP contribution in [0.4, 0.5) is 0 Å². The second kappa shape index (κ2) is 9.41.